The Balaban J connectivity index is 1.31. The Kier molecular flexibility index (Phi) is 5.32. The molecule has 0 bridgehead atoms. The Morgan fingerprint density at radius 1 is 1.25 bits per heavy atom. The molecule has 0 atom stereocenters. The average molecular weight is 383 g/mol. The van der Waals surface area contributed by atoms with Gasteiger partial charge in [0.05, 0.1) is 25.3 Å². The number of aromatic nitrogens is 2. The van der Waals surface area contributed by atoms with Gasteiger partial charge in [0.2, 0.25) is 0 Å². The first-order chi connectivity index (χ1) is 13.6. The SMILES string of the molecule is COC(=O)C1CCC(CNC(=O)c2cc(-c3ccc4c(c3)CCO4)n[nH]2)CC1. The summed E-state index contributed by atoms with van der Waals surface area (Å²) in [4.78, 5) is 24.1. The van der Waals surface area contributed by atoms with Crippen molar-refractivity contribution in [2.45, 2.75) is 32.1 Å². The molecule has 0 unspecified atom stereocenters. The van der Waals surface area contributed by atoms with E-state index in [2.05, 4.69) is 21.6 Å². The molecule has 2 N–H and O–H groups in total. The van der Waals surface area contributed by atoms with Crippen molar-refractivity contribution >= 4 is 11.9 Å². The monoisotopic (exact) mass is 383 g/mol. The fourth-order valence-corrected chi connectivity index (χ4v) is 4.03. The summed E-state index contributed by atoms with van der Waals surface area (Å²) >= 11 is 0. The van der Waals surface area contributed by atoms with Crippen LogP contribution in [-0.2, 0) is 16.0 Å². The highest BCUT2D eigenvalue weighted by molar-refractivity contribution is 5.93. The summed E-state index contributed by atoms with van der Waals surface area (Å²) in [6.45, 7) is 1.33. The van der Waals surface area contributed by atoms with Crippen LogP contribution < -0.4 is 10.1 Å². The van der Waals surface area contributed by atoms with Crippen LogP contribution in [0.1, 0.15) is 41.7 Å². The van der Waals surface area contributed by atoms with Gasteiger partial charge < -0.3 is 14.8 Å². The molecule has 4 rings (SSSR count). The highest BCUT2D eigenvalue weighted by atomic mass is 16.5. The molecule has 1 aromatic carbocycles. The Hall–Kier alpha value is -2.83. The first-order valence-electron chi connectivity index (χ1n) is 9.81. The van der Waals surface area contributed by atoms with Crippen LogP contribution in [0.3, 0.4) is 0 Å². The van der Waals surface area contributed by atoms with Crippen LogP contribution in [-0.4, -0.2) is 42.3 Å². The Morgan fingerprint density at radius 2 is 2.07 bits per heavy atom. The lowest BCUT2D eigenvalue weighted by molar-refractivity contribution is -0.146. The molecule has 1 aromatic heterocycles. The van der Waals surface area contributed by atoms with Crippen molar-refractivity contribution in [2.75, 3.05) is 20.3 Å². The topological polar surface area (TPSA) is 93.3 Å². The van der Waals surface area contributed by atoms with E-state index < -0.39 is 0 Å². The standard InChI is InChI=1S/C21H25N3O4/c1-27-21(26)14-4-2-13(3-5-14)12-22-20(25)18-11-17(23-24-18)15-6-7-19-16(10-15)8-9-28-19/h6-7,10-11,13-14H,2-5,8-9,12H2,1H3,(H,22,25)(H,23,24). The third-order valence-corrected chi connectivity index (χ3v) is 5.74. The van der Waals surface area contributed by atoms with E-state index in [-0.39, 0.29) is 17.8 Å². The highest BCUT2D eigenvalue weighted by Crippen LogP contribution is 2.30. The zero-order valence-electron chi connectivity index (χ0n) is 16.0. The summed E-state index contributed by atoms with van der Waals surface area (Å²) < 4.78 is 10.3. The lowest BCUT2D eigenvalue weighted by Gasteiger charge is -2.26. The van der Waals surface area contributed by atoms with Gasteiger partial charge in [0.1, 0.15) is 11.4 Å². The van der Waals surface area contributed by atoms with Crippen molar-refractivity contribution in [3.63, 3.8) is 0 Å². The number of methoxy groups -OCH3 is 1. The molecule has 7 nitrogen and oxygen atoms in total. The van der Waals surface area contributed by atoms with Crippen LogP contribution in [0.4, 0.5) is 0 Å². The van der Waals surface area contributed by atoms with Gasteiger partial charge in [0, 0.05) is 18.5 Å². The van der Waals surface area contributed by atoms with Gasteiger partial charge in [0.15, 0.2) is 0 Å². The number of esters is 1. The molecule has 7 heteroatoms. The van der Waals surface area contributed by atoms with E-state index in [0.29, 0.717) is 24.8 Å². The molecule has 0 saturated heterocycles. The molecule has 148 valence electrons. The molecular weight excluding hydrogens is 358 g/mol. The van der Waals surface area contributed by atoms with Crippen molar-refractivity contribution in [1.82, 2.24) is 15.5 Å². The fourth-order valence-electron chi connectivity index (χ4n) is 4.03. The molecular formula is C21H25N3O4. The maximum Gasteiger partial charge on any atom is 0.308 e. The minimum absolute atomic E-state index is 0.00448. The van der Waals surface area contributed by atoms with Crippen LogP contribution >= 0.6 is 0 Å². The van der Waals surface area contributed by atoms with Gasteiger partial charge in [-0.3, -0.25) is 14.7 Å². The lowest BCUT2D eigenvalue weighted by Crippen LogP contribution is -2.32. The molecule has 2 heterocycles. The lowest BCUT2D eigenvalue weighted by atomic mass is 9.82. The predicted octanol–water partition coefficient (Wildman–Crippen LogP) is 2.72. The Labute approximate surface area is 163 Å². The van der Waals surface area contributed by atoms with E-state index in [1.807, 2.05) is 12.1 Å². The van der Waals surface area contributed by atoms with Crippen molar-refractivity contribution in [2.24, 2.45) is 11.8 Å². The van der Waals surface area contributed by atoms with Crippen LogP contribution in [0.2, 0.25) is 0 Å². The van der Waals surface area contributed by atoms with E-state index in [4.69, 9.17) is 9.47 Å². The van der Waals surface area contributed by atoms with Gasteiger partial charge in [-0.05, 0) is 61.4 Å². The minimum atomic E-state index is -0.154. The van der Waals surface area contributed by atoms with E-state index >= 15 is 0 Å². The summed E-state index contributed by atoms with van der Waals surface area (Å²) in [6.07, 6.45) is 4.39. The smallest absolute Gasteiger partial charge is 0.308 e. The highest BCUT2D eigenvalue weighted by Gasteiger charge is 2.27. The van der Waals surface area contributed by atoms with E-state index in [0.717, 1.165) is 49.1 Å². The first kappa shape index (κ1) is 18.5. The molecule has 0 radical (unpaired) electrons. The number of hydrogen-bond acceptors (Lipinski definition) is 5. The maximum atomic E-state index is 12.5. The summed E-state index contributed by atoms with van der Waals surface area (Å²) in [6, 6.07) is 7.76. The van der Waals surface area contributed by atoms with Gasteiger partial charge >= 0.3 is 5.97 Å². The van der Waals surface area contributed by atoms with Gasteiger partial charge in [0.25, 0.3) is 5.91 Å². The molecule has 2 aliphatic rings. The number of nitrogens with one attached hydrogen (secondary N) is 2. The van der Waals surface area contributed by atoms with Crippen molar-refractivity contribution in [1.29, 1.82) is 0 Å². The third-order valence-electron chi connectivity index (χ3n) is 5.74. The number of benzene rings is 1. The number of carbonyl (C=O) groups is 2. The van der Waals surface area contributed by atoms with Crippen LogP contribution in [0.5, 0.6) is 5.75 Å². The van der Waals surface area contributed by atoms with Crippen molar-refractivity contribution in [3.05, 3.63) is 35.5 Å². The van der Waals surface area contributed by atoms with E-state index in [1.54, 1.807) is 6.07 Å². The number of aromatic amines is 1. The summed E-state index contributed by atoms with van der Waals surface area (Å²) in [5.74, 6) is 1.05. The molecule has 0 spiro atoms. The second kappa shape index (κ2) is 8.04. The molecule has 1 fully saturated rings. The fraction of sp³-hybridized carbons (Fsp3) is 0.476. The summed E-state index contributed by atoms with van der Waals surface area (Å²) in [5, 5.41) is 10.1. The number of fused-ring (bicyclic) bond motifs is 1. The van der Waals surface area contributed by atoms with E-state index in [1.165, 1.54) is 12.7 Å². The third kappa shape index (κ3) is 3.88. The second-order valence-electron chi connectivity index (χ2n) is 7.54. The van der Waals surface area contributed by atoms with Gasteiger partial charge in [-0.25, -0.2) is 0 Å². The summed E-state index contributed by atoms with van der Waals surface area (Å²) in [7, 11) is 1.43. The van der Waals surface area contributed by atoms with E-state index in [9.17, 15) is 9.59 Å². The Bertz CT molecular complexity index is 868. The Morgan fingerprint density at radius 3 is 2.86 bits per heavy atom. The number of H-pyrrole nitrogens is 1. The molecule has 28 heavy (non-hydrogen) atoms. The number of carbonyl (C=O) groups excluding carboxylic acids is 2. The van der Waals surface area contributed by atoms with Crippen LogP contribution in [0.25, 0.3) is 11.3 Å². The van der Waals surface area contributed by atoms with Gasteiger partial charge in [-0.2, -0.15) is 5.10 Å². The number of ether oxygens (including phenoxy) is 2. The molecule has 2 aromatic rings. The van der Waals surface area contributed by atoms with Gasteiger partial charge in [-0.1, -0.05) is 0 Å². The van der Waals surface area contributed by atoms with Crippen molar-refractivity contribution < 1.29 is 19.1 Å². The molecule has 1 aliphatic heterocycles. The average Bonchev–Trinajstić information content (AvgIpc) is 3.40. The molecule has 1 aliphatic carbocycles. The number of nitrogens with zero attached hydrogens (tertiary/aromatic N) is 1. The predicted molar refractivity (Wildman–Crippen MR) is 103 cm³/mol. The van der Waals surface area contributed by atoms with Crippen LogP contribution in [0.15, 0.2) is 24.3 Å². The number of rotatable bonds is 5. The zero-order valence-corrected chi connectivity index (χ0v) is 16.0. The maximum absolute atomic E-state index is 12.5. The molecule has 1 saturated carbocycles. The van der Waals surface area contributed by atoms with Crippen molar-refractivity contribution in [3.8, 4) is 17.0 Å². The van der Waals surface area contributed by atoms with Crippen LogP contribution in [0, 0.1) is 11.8 Å². The van der Waals surface area contributed by atoms with Gasteiger partial charge in [-0.15, -0.1) is 0 Å². The molecule has 1 amide bonds. The first-order valence-corrected chi connectivity index (χ1v) is 9.81. The second-order valence-corrected chi connectivity index (χ2v) is 7.54. The largest absolute Gasteiger partial charge is 0.493 e. The summed E-state index contributed by atoms with van der Waals surface area (Å²) in [5.41, 5.74) is 3.35. The minimum Gasteiger partial charge on any atom is -0.493 e. The quantitative estimate of drug-likeness (QED) is 0.775. The zero-order chi connectivity index (χ0) is 19.5. The number of hydrogen-bond donors (Lipinski definition) is 2. The number of amides is 1. The normalized spacial score (nSPS) is 20.9.